The molecular weight excluding hydrogens is 386 g/mol. The number of nitrogens with one attached hydrogen (secondary N) is 1. The SMILES string of the molecule is NC(=O)C1CN(CC(=O)NC(c2ccccc2)c2cccs2)c2ccccc2O1. The van der Waals surface area contributed by atoms with E-state index in [4.69, 9.17) is 10.5 Å². The van der Waals surface area contributed by atoms with Crippen molar-refractivity contribution in [3.8, 4) is 5.75 Å². The molecule has 29 heavy (non-hydrogen) atoms. The number of hydrogen-bond donors (Lipinski definition) is 2. The smallest absolute Gasteiger partial charge is 0.260 e. The number of ether oxygens (including phenoxy) is 1. The lowest BCUT2D eigenvalue weighted by Crippen LogP contribution is -2.50. The van der Waals surface area contributed by atoms with Gasteiger partial charge in [0.2, 0.25) is 5.91 Å². The number of benzene rings is 2. The highest BCUT2D eigenvalue weighted by Gasteiger charge is 2.30. The van der Waals surface area contributed by atoms with Crippen molar-refractivity contribution >= 4 is 28.8 Å². The lowest BCUT2D eigenvalue weighted by molar-refractivity contribution is -0.125. The van der Waals surface area contributed by atoms with Gasteiger partial charge in [0.25, 0.3) is 5.91 Å². The van der Waals surface area contributed by atoms with Gasteiger partial charge in [0.1, 0.15) is 5.75 Å². The molecule has 1 aromatic heterocycles. The molecule has 1 aliphatic rings. The highest BCUT2D eigenvalue weighted by molar-refractivity contribution is 7.10. The number of carbonyl (C=O) groups excluding carboxylic acids is 2. The van der Waals surface area contributed by atoms with Crippen LogP contribution in [0, 0.1) is 0 Å². The van der Waals surface area contributed by atoms with Gasteiger partial charge in [0.15, 0.2) is 6.10 Å². The van der Waals surface area contributed by atoms with Crippen LogP contribution in [0.15, 0.2) is 72.1 Å². The van der Waals surface area contributed by atoms with E-state index in [0.29, 0.717) is 5.75 Å². The van der Waals surface area contributed by atoms with Crippen LogP contribution in [-0.2, 0) is 9.59 Å². The highest BCUT2D eigenvalue weighted by atomic mass is 32.1. The molecule has 3 aromatic rings. The maximum atomic E-state index is 13.0. The molecular formula is C22H21N3O3S. The van der Waals surface area contributed by atoms with E-state index in [0.717, 1.165) is 16.1 Å². The lowest BCUT2D eigenvalue weighted by Gasteiger charge is -2.34. The predicted molar refractivity (Wildman–Crippen MR) is 113 cm³/mol. The van der Waals surface area contributed by atoms with Gasteiger partial charge in [-0.05, 0) is 29.1 Å². The Kier molecular flexibility index (Phi) is 5.48. The summed E-state index contributed by atoms with van der Waals surface area (Å²) < 4.78 is 5.67. The van der Waals surface area contributed by atoms with Crippen LogP contribution >= 0.6 is 11.3 Å². The van der Waals surface area contributed by atoms with Crippen molar-refractivity contribution in [1.29, 1.82) is 0 Å². The number of nitrogens with zero attached hydrogens (tertiary/aromatic N) is 1. The molecule has 0 bridgehead atoms. The number of amides is 2. The number of thiophene rings is 1. The molecule has 0 saturated heterocycles. The zero-order chi connectivity index (χ0) is 20.2. The van der Waals surface area contributed by atoms with Gasteiger partial charge in [0.05, 0.1) is 24.8 Å². The second-order valence-electron chi connectivity index (χ2n) is 6.78. The van der Waals surface area contributed by atoms with E-state index in [1.807, 2.05) is 70.9 Å². The molecule has 0 fully saturated rings. The van der Waals surface area contributed by atoms with Gasteiger partial charge in [-0.3, -0.25) is 9.59 Å². The molecule has 0 saturated carbocycles. The number of nitrogens with two attached hydrogens (primary N) is 1. The molecule has 148 valence electrons. The normalized spacial score (nSPS) is 16.4. The average molecular weight is 407 g/mol. The molecule has 0 spiro atoms. The molecule has 0 aliphatic carbocycles. The molecule has 3 N–H and O–H groups in total. The molecule has 2 amide bonds. The highest BCUT2D eigenvalue weighted by Crippen LogP contribution is 2.33. The minimum atomic E-state index is -0.792. The Labute approximate surface area is 172 Å². The Balaban J connectivity index is 1.54. The molecule has 2 atom stereocenters. The van der Waals surface area contributed by atoms with Gasteiger partial charge in [0, 0.05) is 4.88 Å². The third-order valence-electron chi connectivity index (χ3n) is 4.78. The topological polar surface area (TPSA) is 84.7 Å². The number of carbonyl (C=O) groups is 2. The van der Waals surface area contributed by atoms with Gasteiger partial charge >= 0.3 is 0 Å². The summed E-state index contributed by atoms with van der Waals surface area (Å²) in [7, 11) is 0. The summed E-state index contributed by atoms with van der Waals surface area (Å²) in [6, 6.07) is 20.9. The average Bonchev–Trinajstić information content (AvgIpc) is 3.27. The fourth-order valence-electron chi connectivity index (χ4n) is 3.40. The van der Waals surface area contributed by atoms with E-state index in [1.54, 1.807) is 17.4 Å². The first-order valence-corrected chi connectivity index (χ1v) is 10.2. The van der Waals surface area contributed by atoms with E-state index in [1.165, 1.54) is 0 Å². The van der Waals surface area contributed by atoms with Gasteiger partial charge in [-0.2, -0.15) is 0 Å². The fraction of sp³-hybridized carbons (Fsp3) is 0.182. The Bertz CT molecular complexity index is 992. The Morgan fingerprint density at radius 1 is 1.10 bits per heavy atom. The zero-order valence-corrected chi connectivity index (χ0v) is 16.5. The molecule has 0 radical (unpaired) electrons. The summed E-state index contributed by atoms with van der Waals surface area (Å²) >= 11 is 1.60. The van der Waals surface area contributed by atoms with Crippen LogP contribution in [0.4, 0.5) is 5.69 Å². The quantitative estimate of drug-likeness (QED) is 0.658. The number of anilines is 1. The number of fused-ring (bicyclic) bond motifs is 1. The van der Waals surface area contributed by atoms with Crippen LogP contribution in [-0.4, -0.2) is 31.0 Å². The van der Waals surface area contributed by atoms with E-state index in [9.17, 15) is 9.59 Å². The second-order valence-corrected chi connectivity index (χ2v) is 7.76. The third kappa shape index (κ3) is 4.25. The molecule has 6 nitrogen and oxygen atoms in total. The van der Waals surface area contributed by atoms with Crippen LogP contribution in [0.25, 0.3) is 0 Å². The number of rotatable bonds is 6. The minimum Gasteiger partial charge on any atom is -0.477 e. The van der Waals surface area contributed by atoms with Crippen molar-refractivity contribution < 1.29 is 14.3 Å². The van der Waals surface area contributed by atoms with E-state index in [-0.39, 0.29) is 25.0 Å². The Hall–Kier alpha value is -3.32. The minimum absolute atomic E-state index is 0.0961. The summed E-state index contributed by atoms with van der Waals surface area (Å²) in [5.74, 6) is -0.147. The number of hydrogen-bond acceptors (Lipinski definition) is 5. The molecule has 4 rings (SSSR count). The molecule has 2 heterocycles. The van der Waals surface area contributed by atoms with Gasteiger partial charge in [-0.25, -0.2) is 0 Å². The van der Waals surface area contributed by atoms with Crippen LogP contribution in [0.1, 0.15) is 16.5 Å². The second kappa shape index (κ2) is 8.36. The lowest BCUT2D eigenvalue weighted by atomic mass is 10.1. The zero-order valence-electron chi connectivity index (χ0n) is 15.7. The molecule has 2 aromatic carbocycles. The summed E-state index contributed by atoms with van der Waals surface area (Å²) in [6.45, 7) is 0.327. The Morgan fingerprint density at radius 2 is 1.86 bits per heavy atom. The maximum Gasteiger partial charge on any atom is 0.260 e. The largest absolute Gasteiger partial charge is 0.477 e. The van der Waals surface area contributed by atoms with Crippen molar-refractivity contribution in [3.63, 3.8) is 0 Å². The summed E-state index contributed by atoms with van der Waals surface area (Å²) in [5, 5.41) is 5.12. The first kappa shape index (κ1) is 19.0. The van der Waals surface area contributed by atoms with Gasteiger partial charge < -0.3 is 20.7 Å². The van der Waals surface area contributed by atoms with Gasteiger partial charge in [-0.1, -0.05) is 48.5 Å². The summed E-state index contributed by atoms with van der Waals surface area (Å²) in [6.07, 6.45) is -0.792. The summed E-state index contributed by atoms with van der Waals surface area (Å²) in [5.41, 5.74) is 7.23. The molecule has 7 heteroatoms. The maximum absolute atomic E-state index is 13.0. The van der Waals surface area contributed by atoms with Crippen molar-refractivity contribution in [3.05, 3.63) is 82.6 Å². The van der Waals surface area contributed by atoms with Crippen molar-refractivity contribution in [2.75, 3.05) is 18.0 Å². The predicted octanol–water partition coefficient (Wildman–Crippen LogP) is 2.71. The first-order chi connectivity index (χ1) is 14.1. The number of primary amides is 1. The van der Waals surface area contributed by atoms with Crippen LogP contribution in [0.3, 0.4) is 0 Å². The summed E-state index contributed by atoms with van der Waals surface area (Å²) in [4.78, 5) is 27.5. The van der Waals surface area contributed by atoms with E-state index < -0.39 is 12.0 Å². The standard InChI is InChI=1S/C22H21N3O3S/c23-22(27)18-13-25(16-9-4-5-10-17(16)28-18)14-20(26)24-21(19-11-6-12-29-19)15-7-2-1-3-8-15/h1-12,18,21H,13-14H2,(H2,23,27)(H,24,26). The van der Waals surface area contributed by atoms with Crippen LogP contribution in [0.5, 0.6) is 5.75 Å². The van der Waals surface area contributed by atoms with E-state index >= 15 is 0 Å². The molecule has 2 unspecified atom stereocenters. The first-order valence-electron chi connectivity index (χ1n) is 9.29. The van der Waals surface area contributed by atoms with Crippen molar-refractivity contribution in [2.45, 2.75) is 12.1 Å². The fourth-order valence-corrected chi connectivity index (χ4v) is 4.21. The van der Waals surface area contributed by atoms with Crippen molar-refractivity contribution in [1.82, 2.24) is 5.32 Å². The van der Waals surface area contributed by atoms with Crippen LogP contribution in [0.2, 0.25) is 0 Å². The van der Waals surface area contributed by atoms with Gasteiger partial charge in [-0.15, -0.1) is 11.3 Å². The van der Waals surface area contributed by atoms with Crippen molar-refractivity contribution in [2.24, 2.45) is 5.73 Å². The van der Waals surface area contributed by atoms with Crippen LogP contribution < -0.4 is 20.7 Å². The van der Waals surface area contributed by atoms with E-state index in [2.05, 4.69) is 5.32 Å². The number of para-hydroxylation sites is 2. The molecule has 1 aliphatic heterocycles. The Morgan fingerprint density at radius 3 is 2.59 bits per heavy atom. The monoisotopic (exact) mass is 407 g/mol. The third-order valence-corrected chi connectivity index (χ3v) is 5.72.